The fourth-order valence-electron chi connectivity index (χ4n) is 6.91. The van der Waals surface area contributed by atoms with Gasteiger partial charge in [-0.2, -0.15) is 0 Å². The molecule has 214 valence electrons. The van der Waals surface area contributed by atoms with Crippen LogP contribution >= 0.6 is 0 Å². The highest BCUT2D eigenvalue weighted by molar-refractivity contribution is 6.13. The zero-order chi connectivity index (χ0) is 29.7. The van der Waals surface area contributed by atoms with Gasteiger partial charge < -0.3 is 9.73 Å². The number of allylic oxidation sites excluding steroid dienone is 1. The second-order valence-corrected chi connectivity index (χ2v) is 11.7. The highest BCUT2D eigenvalue weighted by Crippen LogP contribution is 2.38. The van der Waals surface area contributed by atoms with E-state index in [1.807, 2.05) is 24.5 Å². The van der Waals surface area contributed by atoms with E-state index in [0.717, 1.165) is 58.0 Å². The second kappa shape index (κ2) is 10.5. The third-order valence-electron chi connectivity index (χ3n) is 9.11. The summed E-state index contributed by atoms with van der Waals surface area (Å²) in [4.78, 5) is 9.45. The lowest BCUT2D eigenvalue weighted by molar-refractivity contribution is 0.594. The molecule has 4 nitrogen and oxygen atoms in total. The first-order valence-corrected chi connectivity index (χ1v) is 15.5. The van der Waals surface area contributed by atoms with Gasteiger partial charge in [0.15, 0.2) is 0 Å². The van der Waals surface area contributed by atoms with Crippen molar-refractivity contribution in [2.75, 3.05) is 0 Å². The van der Waals surface area contributed by atoms with Crippen LogP contribution in [0.3, 0.4) is 0 Å². The molecule has 0 amide bonds. The van der Waals surface area contributed by atoms with E-state index in [-0.39, 0.29) is 6.04 Å². The molecule has 7 aromatic rings. The normalized spacial score (nSPS) is 16.0. The molecule has 1 N–H and O–H groups in total. The third-order valence-corrected chi connectivity index (χ3v) is 9.11. The lowest BCUT2D eigenvalue weighted by Crippen LogP contribution is -2.31. The minimum absolute atomic E-state index is 0.110. The molecular formula is C41H29N3O. The van der Waals surface area contributed by atoms with Crippen LogP contribution in [-0.4, -0.2) is 10.8 Å². The van der Waals surface area contributed by atoms with Gasteiger partial charge >= 0.3 is 0 Å². The largest absolute Gasteiger partial charge is 0.456 e. The summed E-state index contributed by atoms with van der Waals surface area (Å²) < 4.78 is 6.52. The molecule has 0 fully saturated rings. The van der Waals surface area contributed by atoms with Crippen LogP contribution in [0.15, 0.2) is 143 Å². The van der Waals surface area contributed by atoms with Crippen molar-refractivity contribution in [1.82, 2.24) is 10.3 Å². The van der Waals surface area contributed by atoms with Gasteiger partial charge in [-0.05, 0) is 93.1 Å². The van der Waals surface area contributed by atoms with Crippen molar-refractivity contribution >= 4 is 50.1 Å². The summed E-state index contributed by atoms with van der Waals surface area (Å²) >= 11 is 0. The molecule has 0 bridgehead atoms. The number of amidine groups is 1. The molecule has 4 heteroatoms. The predicted octanol–water partition coefficient (Wildman–Crippen LogP) is 9.89. The summed E-state index contributed by atoms with van der Waals surface area (Å²) in [6.45, 7) is 0. The second-order valence-electron chi connectivity index (χ2n) is 11.7. The first-order valence-electron chi connectivity index (χ1n) is 15.5. The van der Waals surface area contributed by atoms with E-state index in [9.17, 15) is 0 Å². The van der Waals surface area contributed by atoms with Crippen molar-refractivity contribution in [3.8, 4) is 11.1 Å². The lowest BCUT2D eigenvalue weighted by Gasteiger charge is -2.26. The third kappa shape index (κ3) is 4.37. The van der Waals surface area contributed by atoms with E-state index in [2.05, 4.69) is 126 Å². The van der Waals surface area contributed by atoms with E-state index < -0.39 is 0 Å². The van der Waals surface area contributed by atoms with Gasteiger partial charge in [0.1, 0.15) is 17.2 Å². The number of aryl methyl sites for hydroxylation is 1. The highest BCUT2D eigenvalue weighted by Gasteiger charge is 2.25. The number of hydrogen-bond acceptors (Lipinski definition) is 4. The van der Waals surface area contributed by atoms with Gasteiger partial charge in [0.25, 0.3) is 0 Å². The van der Waals surface area contributed by atoms with Crippen LogP contribution in [0.4, 0.5) is 0 Å². The van der Waals surface area contributed by atoms with Crippen molar-refractivity contribution in [3.63, 3.8) is 0 Å². The fourth-order valence-corrected chi connectivity index (χ4v) is 6.91. The van der Waals surface area contributed by atoms with E-state index in [4.69, 9.17) is 9.41 Å². The molecule has 0 radical (unpaired) electrons. The summed E-state index contributed by atoms with van der Waals surface area (Å²) in [7, 11) is 0. The number of fused-ring (bicyclic) bond motifs is 6. The van der Waals surface area contributed by atoms with Crippen LogP contribution in [-0.2, 0) is 6.42 Å². The van der Waals surface area contributed by atoms with E-state index >= 15 is 0 Å². The Morgan fingerprint density at radius 2 is 1.42 bits per heavy atom. The Balaban J connectivity index is 1.23. The predicted molar refractivity (Wildman–Crippen MR) is 185 cm³/mol. The van der Waals surface area contributed by atoms with Crippen molar-refractivity contribution in [2.24, 2.45) is 4.99 Å². The smallest absolute Gasteiger partial charge is 0.146 e. The van der Waals surface area contributed by atoms with Crippen LogP contribution in [0.1, 0.15) is 40.5 Å². The number of para-hydroxylation sites is 1. The van der Waals surface area contributed by atoms with Crippen molar-refractivity contribution in [1.29, 1.82) is 0 Å². The zero-order valence-corrected chi connectivity index (χ0v) is 24.6. The minimum Gasteiger partial charge on any atom is -0.456 e. The highest BCUT2D eigenvalue weighted by atomic mass is 16.3. The van der Waals surface area contributed by atoms with E-state index in [0.29, 0.717) is 0 Å². The molecule has 1 aliphatic heterocycles. The molecule has 1 aliphatic carbocycles. The zero-order valence-electron chi connectivity index (χ0n) is 24.6. The Morgan fingerprint density at radius 3 is 2.29 bits per heavy atom. The Morgan fingerprint density at radius 1 is 0.689 bits per heavy atom. The summed E-state index contributed by atoms with van der Waals surface area (Å²) in [5.74, 6) is 1.77. The van der Waals surface area contributed by atoms with Gasteiger partial charge in [0.05, 0.1) is 17.3 Å². The average molecular weight is 580 g/mol. The van der Waals surface area contributed by atoms with Gasteiger partial charge in [-0.25, -0.2) is 4.99 Å². The molecule has 0 saturated heterocycles. The number of hydrogen-bond donors (Lipinski definition) is 1. The molecule has 3 heterocycles. The Hall–Kier alpha value is -5.74. The van der Waals surface area contributed by atoms with Crippen LogP contribution in [0, 0.1) is 0 Å². The molecule has 5 aromatic carbocycles. The topological polar surface area (TPSA) is 50.4 Å². The minimum atomic E-state index is -0.110. The Bertz CT molecular complexity index is 2340. The van der Waals surface area contributed by atoms with E-state index in [1.54, 1.807) is 0 Å². The summed E-state index contributed by atoms with van der Waals surface area (Å²) in [6.07, 6.45) is 12.2. The number of nitrogens with zero attached hydrogens (tertiary/aromatic N) is 2. The molecule has 2 aromatic heterocycles. The SMILES string of the molecule is C1=Cc2oc3c(C4=NC(c5ccc(-c6ccncc6)cc5)=CC(c5cc6ccccc6c6ccccc56)N4)cccc3c2CC1. The number of rotatable bonds is 4. The maximum atomic E-state index is 6.52. The number of benzene rings is 5. The molecule has 1 unspecified atom stereocenters. The summed E-state index contributed by atoms with van der Waals surface area (Å²) in [5.41, 5.74) is 8.65. The van der Waals surface area contributed by atoms with Crippen molar-refractivity contribution in [3.05, 3.63) is 162 Å². The molecule has 2 aliphatic rings. The van der Waals surface area contributed by atoms with Crippen LogP contribution in [0.5, 0.6) is 0 Å². The van der Waals surface area contributed by atoms with Crippen LogP contribution in [0.25, 0.3) is 55.4 Å². The summed E-state index contributed by atoms with van der Waals surface area (Å²) in [6, 6.07) is 38.7. The summed E-state index contributed by atoms with van der Waals surface area (Å²) in [5, 5.41) is 9.98. The molecule has 1 atom stereocenters. The molecule has 0 saturated carbocycles. The van der Waals surface area contributed by atoms with Crippen molar-refractivity contribution in [2.45, 2.75) is 18.9 Å². The number of pyridine rings is 1. The van der Waals surface area contributed by atoms with Gasteiger partial charge in [-0.3, -0.25) is 4.98 Å². The number of aromatic nitrogens is 1. The quantitative estimate of drug-likeness (QED) is 0.211. The van der Waals surface area contributed by atoms with E-state index in [1.165, 1.54) is 38.1 Å². The van der Waals surface area contributed by atoms with Crippen molar-refractivity contribution < 1.29 is 4.42 Å². The van der Waals surface area contributed by atoms with Crippen LogP contribution in [0.2, 0.25) is 0 Å². The first-order chi connectivity index (χ1) is 22.3. The van der Waals surface area contributed by atoms with Gasteiger partial charge in [0, 0.05) is 23.3 Å². The number of aliphatic imine (C=N–C) groups is 1. The van der Waals surface area contributed by atoms with Gasteiger partial charge in [-0.1, -0.05) is 91.0 Å². The average Bonchev–Trinajstić information content (AvgIpc) is 3.50. The molecule has 9 rings (SSSR count). The molecule has 45 heavy (non-hydrogen) atoms. The monoisotopic (exact) mass is 579 g/mol. The maximum Gasteiger partial charge on any atom is 0.146 e. The van der Waals surface area contributed by atoms with Gasteiger partial charge in [-0.15, -0.1) is 0 Å². The Labute approximate surface area is 261 Å². The standard InChI is InChI=1S/C41H29N3O/c1-2-9-30-29(8-1)24-36(32-11-4-3-10-31(30)32)38-25-37(28-18-16-26(17-19-28)27-20-22-42-23-21-27)43-41(44-38)35-14-7-13-34-33-12-5-6-15-39(33)45-40(34)35/h1-4,6-11,13-25,38H,5,12H2,(H,43,44). The Kier molecular flexibility index (Phi) is 5.98. The molecular weight excluding hydrogens is 550 g/mol. The molecule has 0 spiro atoms. The van der Waals surface area contributed by atoms with Crippen LogP contribution < -0.4 is 5.32 Å². The lowest BCUT2D eigenvalue weighted by atomic mass is 9.91. The maximum absolute atomic E-state index is 6.52. The number of furan rings is 1. The number of nitrogens with one attached hydrogen (secondary N) is 1. The first kappa shape index (κ1) is 25.7. The fraction of sp³-hybridized carbons (Fsp3) is 0.0732. The van der Waals surface area contributed by atoms with Gasteiger partial charge in [0.2, 0.25) is 0 Å².